The Hall–Kier alpha value is -1.42. The largest absolute Gasteiger partial charge is 0.497 e. The molecule has 0 saturated carbocycles. The van der Waals surface area contributed by atoms with Gasteiger partial charge in [0.25, 0.3) is 0 Å². The molecule has 4 nitrogen and oxygen atoms in total. The molecule has 0 radical (unpaired) electrons. The van der Waals surface area contributed by atoms with Crippen LogP contribution < -0.4 is 14.4 Å². The zero-order valence-corrected chi connectivity index (χ0v) is 12.1. The number of ether oxygens (including phenoxy) is 2. The summed E-state index contributed by atoms with van der Waals surface area (Å²) in [5.41, 5.74) is 1.08. The fourth-order valence-corrected chi connectivity index (χ4v) is 2.94. The molecule has 0 aliphatic carbocycles. The van der Waals surface area contributed by atoms with Gasteiger partial charge in [0.1, 0.15) is 11.5 Å². The van der Waals surface area contributed by atoms with Gasteiger partial charge in [0, 0.05) is 30.7 Å². The van der Waals surface area contributed by atoms with Gasteiger partial charge in [-0.3, -0.25) is 0 Å². The lowest BCUT2D eigenvalue weighted by Gasteiger charge is -2.34. The van der Waals surface area contributed by atoms with Crippen molar-refractivity contribution in [3.05, 3.63) is 18.2 Å². The smallest absolute Gasteiger partial charge is 0.145 e. The Labute approximate surface area is 114 Å². The lowest BCUT2D eigenvalue weighted by molar-refractivity contribution is 0.232. The first-order chi connectivity index (χ1) is 9.01. The van der Waals surface area contributed by atoms with E-state index in [1.54, 1.807) is 14.2 Å². The minimum atomic E-state index is 0.0231. The second-order valence-electron chi connectivity index (χ2n) is 5.71. The van der Waals surface area contributed by atoms with Crippen molar-refractivity contribution in [2.75, 3.05) is 32.3 Å². The molecule has 1 unspecified atom stereocenters. The molecule has 1 aliphatic heterocycles. The number of hydrogen-bond donors (Lipinski definition) is 1. The first-order valence-corrected chi connectivity index (χ1v) is 6.62. The molecule has 2 rings (SSSR count). The van der Waals surface area contributed by atoms with Crippen LogP contribution in [-0.4, -0.2) is 38.0 Å². The predicted octanol–water partition coefficient (Wildman–Crippen LogP) is 2.30. The third-order valence-corrected chi connectivity index (χ3v) is 3.90. The van der Waals surface area contributed by atoms with Crippen LogP contribution in [0.15, 0.2) is 18.2 Å². The number of anilines is 1. The van der Waals surface area contributed by atoms with Gasteiger partial charge in [-0.1, -0.05) is 0 Å². The SMILES string of the molecule is COc1ccc(N2CC(CO)CC2(C)C)c(OC)c1. The van der Waals surface area contributed by atoms with E-state index in [1.165, 1.54) is 0 Å². The van der Waals surface area contributed by atoms with Crippen LogP contribution >= 0.6 is 0 Å². The van der Waals surface area contributed by atoms with Crippen molar-refractivity contribution < 1.29 is 14.6 Å². The van der Waals surface area contributed by atoms with Crippen LogP contribution in [0.1, 0.15) is 20.3 Å². The highest BCUT2D eigenvalue weighted by molar-refractivity contribution is 5.63. The van der Waals surface area contributed by atoms with Gasteiger partial charge in [0.05, 0.1) is 19.9 Å². The maximum atomic E-state index is 9.39. The molecule has 0 aromatic heterocycles. The van der Waals surface area contributed by atoms with Crippen molar-refractivity contribution >= 4 is 5.69 Å². The maximum Gasteiger partial charge on any atom is 0.145 e. The second kappa shape index (κ2) is 5.29. The minimum Gasteiger partial charge on any atom is -0.497 e. The lowest BCUT2D eigenvalue weighted by atomic mass is 9.96. The van der Waals surface area contributed by atoms with Gasteiger partial charge < -0.3 is 19.5 Å². The molecule has 1 aliphatic rings. The molecule has 1 N–H and O–H groups in total. The Morgan fingerprint density at radius 2 is 2.05 bits per heavy atom. The van der Waals surface area contributed by atoms with Crippen molar-refractivity contribution in [1.82, 2.24) is 0 Å². The van der Waals surface area contributed by atoms with Crippen LogP contribution in [0.25, 0.3) is 0 Å². The fourth-order valence-electron chi connectivity index (χ4n) is 2.94. The Morgan fingerprint density at radius 3 is 2.58 bits per heavy atom. The van der Waals surface area contributed by atoms with Gasteiger partial charge in [-0.05, 0) is 32.4 Å². The van der Waals surface area contributed by atoms with E-state index in [4.69, 9.17) is 9.47 Å². The first-order valence-electron chi connectivity index (χ1n) is 6.62. The van der Waals surface area contributed by atoms with Gasteiger partial charge in [-0.2, -0.15) is 0 Å². The van der Waals surface area contributed by atoms with E-state index in [-0.39, 0.29) is 12.1 Å². The van der Waals surface area contributed by atoms with Crippen molar-refractivity contribution in [3.63, 3.8) is 0 Å². The van der Waals surface area contributed by atoms with Gasteiger partial charge in [-0.15, -0.1) is 0 Å². The van der Waals surface area contributed by atoms with E-state index in [2.05, 4.69) is 18.7 Å². The molecule has 1 fully saturated rings. The monoisotopic (exact) mass is 265 g/mol. The van der Waals surface area contributed by atoms with Crippen molar-refractivity contribution in [2.45, 2.75) is 25.8 Å². The molecule has 1 heterocycles. The summed E-state index contributed by atoms with van der Waals surface area (Å²) in [7, 11) is 3.32. The summed E-state index contributed by atoms with van der Waals surface area (Å²) in [5.74, 6) is 1.92. The highest BCUT2D eigenvalue weighted by Crippen LogP contribution is 2.42. The Bertz CT molecular complexity index is 445. The Kier molecular flexibility index (Phi) is 3.90. The highest BCUT2D eigenvalue weighted by Gasteiger charge is 2.39. The van der Waals surface area contributed by atoms with E-state index >= 15 is 0 Å². The molecule has 0 bridgehead atoms. The third kappa shape index (κ3) is 2.63. The van der Waals surface area contributed by atoms with Crippen LogP contribution in [0.5, 0.6) is 11.5 Å². The molecular weight excluding hydrogens is 242 g/mol. The molecule has 1 aromatic carbocycles. The molecule has 0 spiro atoms. The first kappa shape index (κ1) is 14.0. The van der Waals surface area contributed by atoms with E-state index in [0.717, 1.165) is 30.2 Å². The van der Waals surface area contributed by atoms with Gasteiger partial charge >= 0.3 is 0 Å². The van der Waals surface area contributed by atoms with Gasteiger partial charge in [0.15, 0.2) is 0 Å². The summed E-state index contributed by atoms with van der Waals surface area (Å²) >= 11 is 0. The molecule has 106 valence electrons. The minimum absolute atomic E-state index is 0.0231. The number of nitrogens with zero attached hydrogens (tertiary/aromatic N) is 1. The summed E-state index contributed by atoms with van der Waals surface area (Å²) in [6.07, 6.45) is 0.985. The normalized spacial score (nSPS) is 21.5. The molecule has 1 saturated heterocycles. The van der Waals surface area contributed by atoms with E-state index in [9.17, 15) is 5.11 Å². The number of benzene rings is 1. The van der Waals surface area contributed by atoms with Crippen LogP contribution in [-0.2, 0) is 0 Å². The highest BCUT2D eigenvalue weighted by atomic mass is 16.5. The van der Waals surface area contributed by atoms with Crippen molar-refractivity contribution in [3.8, 4) is 11.5 Å². The average Bonchev–Trinajstić information content (AvgIpc) is 2.72. The number of aliphatic hydroxyl groups excluding tert-OH is 1. The van der Waals surface area contributed by atoms with E-state index in [0.29, 0.717) is 5.92 Å². The Balaban J connectivity index is 2.35. The molecule has 1 aromatic rings. The zero-order chi connectivity index (χ0) is 14.0. The predicted molar refractivity (Wildman–Crippen MR) is 76.2 cm³/mol. The summed E-state index contributed by atoms with van der Waals surface area (Å²) in [4.78, 5) is 2.31. The zero-order valence-electron chi connectivity index (χ0n) is 12.1. The topological polar surface area (TPSA) is 41.9 Å². The molecule has 0 amide bonds. The van der Waals surface area contributed by atoms with Crippen LogP contribution in [0.3, 0.4) is 0 Å². The van der Waals surface area contributed by atoms with Crippen LogP contribution in [0.2, 0.25) is 0 Å². The second-order valence-corrected chi connectivity index (χ2v) is 5.71. The molecule has 19 heavy (non-hydrogen) atoms. The third-order valence-electron chi connectivity index (χ3n) is 3.90. The van der Waals surface area contributed by atoms with E-state index in [1.807, 2.05) is 18.2 Å². The number of methoxy groups -OCH3 is 2. The Morgan fingerprint density at radius 1 is 1.32 bits per heavy atom. The van der Waals surface area contributed by atoms with Crippen molar-refractivity contribution in [1.29, 1.82) is 0 Å². The number of rotatable bonds is 4. The van der Waals surface area contributed by atoms with Crippen LogP contribution in [0.4, 0.5) is 5.69 Å². The lowest BCUT2D eigenvalue weighted by Crippen LogP contribution is -2.38. The fraction of sp³-hybridized carbons (Fsp3) is 0.600. The average molecular weight is 265 g/mol. The van der Waals surface area contributed by atoms with Crippen LogP contribution in [0, 0.1) is 5.92 Å². The number of aliphatic hydroxyl groups is 1. The summed E-state index contributed by atoms with van der Waals surface area (Å²) in [6.45, 7) is 5.49. The quantitative estimate of drug-likeness (QED) is 0.907. The standard InChI is InChI=1S/C15H23NO3/c1-15(2)8-11(10-17)9-16(15)13-6-5-12(18-3)7-14(13)19-4/h5-7,11,17H,8-10H2,1-4H3. The summed E-state index contributed by atoms with van der Waals surface area (Å²) < 4.78 is 10.7. The van der Waals surface area contributed by atoms with E-state index < -0.39 is 0 Å². The summed E-state index contributed by atoms with van der Waals surface area (Å²) in [5, 5.41) is 9.39. The maximum absolute atomic E-state index is 9.39. The molecule has 4 heteroatoms. The summed E-state index contributed by atoms with van der Waals surface area (Å²) in [6, 6.07) is 5.87. The van der Waals surface area contributed by atoms with Gasteiger partial charge in [-0.25, -0.2) is 0 Å². The van der Waals surface area contributed by atoms with Crippen molar-refractivity contribution in [2.24, 2.45) is 5.92 Å². The molecular formula is C15H23NO3. The van der Waals surface area contributed by atoms with Gasteiger partial charge in [0.2, 0.25) is 0 Å². The molecule has 1 atom stereocenters. The number of hydrogen-bond acceptors (Lipinski definition) is 4.